The Hall–Kier alpha value is -0.860. The van der Waals surface area contributed by atoms with Crippen LogP contribution in [0.25, 0.3) is 0 Å². The minimum atomic E-state index is 0.606. The van der Waals surface area contributed by atoms with Gasteiger partial charge in [-0.2, -0.15) is 0 Å². The number of nitrogens with two attached hydrogens (primary N) is 1. The van der Waals surface area contributed by atoms with Crippen LogP contribution in [-0.2, 0) is 6.42 Å². The lowest BCUT2D eigenvalue weighted by atomic mass is 9.95. The van der Waals surface area contributed by atoms with Crippen molar-refractivity contribution in [3.05, 3.63) is 35.4 Å². The molecule has 0 bridgehead atoms. The van der Waals surface area contributed by atoms with E-state index in [2.05, 4.69) is 35.3 Å². The molecule has 0 fully saturated rings. The average Bonchev–Trinajstić information content (AvgIpc) is 2.17. The van der Waals surface area contributed by atoms with Crippen molar-refractivity contribution in [2.75, 3.05) is 13.1 Å². The van der Waals surface area contributed by atoms with Crippen LogP contribution in [0.15, 0.2) is 24.3 Å². The predicted octanol–water partition coefficient (Wildman–Crippen LogP) is -0.911. The maximum absolute atomic E-state index is 3.98. The molecular weight excluding hydrogens is 148 g/mol. The molecule has 0 radical (unpaired) electrons. The number of hydrogen-bond donors (Lipinski definition) is 2. The average molecular weight is 164 g/mol. The van der Waals surface area contributed by atoms with Crippen LogP contribution in [0, 0.1) is 0 Å². The number of benzene rings is 1. The summed E-state index contributed by atoms with van der Waals surface area (Å²) in [5.41, 5.74) is 7.00. The maximum Gasteiger partial charge on any atom is 0.161 e. The molecule has 0 unspecified atom stereocenters. The lowest BCUT2D eigenvalue weighted by Crippen LogP contribution is -2.90. The first-order valence-electron chi connectivity index (χ1n) is 4.62. The van der Waals surface area contributed by atoms with Gasteiger partial charge >= 0.3 is 0 Å². The molecule has 2 heteroatoms. The minimum Gasteiger partial charge on any atom is -0.352 e. The van der Waals surface area contributed by atoms with Gasteiger partial charge in [-0.3, -0.25) is 0 Å². The first-order chi connectivity index (χ1) is 5.92. The molecule has 1 aromatic rings. The van der Waals surface area contributed by atoms with E-state index in [1.54, 1.807) is 0 Å². The SMILES string of the molecule is [NH3+]C[C@H]1[NH2+]CCc2ccccc21. The number of fused-ring (bicyclic) bond motifs is 1. The highest BCUT2D eigenvalue weighted by atomic mass is 14.9. The van der Waals surface area contributed by atoms with Gasteiger partial charge in [-0.25, -0.2) is 0 Å². The minimum absolute atomic E-state index is 0.606. The zero-order chi connectivity index (χ0) is 8.39. The fourth-order valence-electron chi connectivity index (χ4n) is 1.96. The van der Waals surface area contributed by atoms with Crippen LogP contribution in [0.4, 0.5) is 0 Å². The fraction of sp³-hybridized carbons (Fsp3) is 0.400. The van der Waals surface area contributed by atoms with Crippen molar-refractivity contribution >= 4 is 0 Å². The van der Waals surface area contributed by atoms with Crippen molar-refractivity contribution in [2.24, 2.45) is 0 Å². The Morgan fingerprint density at radius 2 is 2.25 bits per heavy atom. The highest BCUT2D eigenvalue weighted by Gasteiger charge is 2.22. The van der Waals surface area contributed by atoms with E-state index in [-0.39, 0.29) is 0 Å². The topological polar surface area (TPSA) is 44.2 Å². The molecule has 0 saturated carbocycles. The Bertz CT molecular complexity index is 270. The van der Waals surface area contributed by atoms with E-state index < -0.39 is 0 Å². The summed E-state index contributed by atoms with van der Waals surface area (Å²) >= 11 is 0. The van der Waals surface area contributed by atoms with Crippen LogP contribution in [0.3, 0.4) is 0 Å². The molecule has 12 heavy (non-hydrogen) atoms. The summed E-state index contributed by atoms with van der Waals surface area (Å²) in [7, 11) is 0. The standard InChI is InChI=1S/C10H14N2/c11-7-10-9-4-2-1-3-8(9)5-6-12-10/h1-4,10,12H,5-7,11H2/p+2/t10-/m1/s1. The molecule has 64 valence electrons. The summed E-state index contributed by atoms with van der Waals surface area (Å²) in [5.74, 6) is 0. The van der Waals surface area contributed by atoms with E-state index in [1.165, 1.54) is 24.1 Å². The molecule has 1 aliphatic heterocycles. The van der Waals surface area contributed by atoms with Crippen molar-refractivity contribution in [1.29, 1.82) is 0 Å². The summed E-state index contributed by atoms with van der Waals surface area (Å²) in [5, 5.41) is 2.40. The third kappa shape index (κ3) is 1.24. The number of rotatable bonds is 1. The van der Waals surface area contributed by atoms with E-state index in [9.17, 15) is 0 Å². The molecular formula is C10H16N2+2. The van der Waals surface area contributed by atoms with Crippen LogP contribution in [0.1, 0.15) is 17.2 Å². The Kier molecular flexibility index (Phi) is 2.11. The maximum atomic E-state index is 3.98. The second-order valence-electron chi connectivity index (χ2n) is 3.37. The molecule has 5 N–H and O–H groups in total. The van der Waals surface area contributed by atoms with Gasteiger partial charge in [-0.05, 0) is 5.56 Å². The van der Waals surface area contributed by atoms with E-state index in [1.807, 2.05) is 0 Å². The van der Waals surface area contributed by atoms with Crippen molar-refractivity contribution in [3.63, 3.8) is 0 Å². The molecule has 2 nitrogen and oxygen atoms in total. The lowest BCUT2D eigenvalue weighted by molar-refractivity contribution is -0.715. The molecule has 0 aliphatic carbocycles. The van der Waals surface area contributed by atoms with Gasteiger partial charge in [0.1, 0.15) is 6.54 Å². The second kappa shape index (κ2) is 3.25. The molecule has 0 aromatic heterocycles. The zero-order valence-electron chi connectivity index (χ0n) is 7.29. The normalized spacial score (nSPS) is 21.9. The largest absolute Gasteiger partial charge is 0.352 e. The Morgan fingerprint density at radius 1 is 1.42 bits per heavy atom. The fourth-order valence-corrected chi connectivity index (χ4v) is 1.96. The summed E-state index contributed by atoms with van der Waals surface area (Å²) in [4.78, 5) is 0. The molecule has 1 heterocycles. The molecule has 2 rings (SSSR count). The van der Waals surface area contributed by atoms with E-state index in [0.29, 0.717) is 6.04 Å². The lowest BCUT2D eigenvalue weighted by Gasteiger charge is -2.20. The Morgan fingerprint density at radius 3 is 3.08 bits per heavy atom. The summed E-state index contributed by atoms with van der Waals surface area (Å²) in [6, 6.07) is 9.34. The van der Waals surface area contributed by atoms with Gasteiger partial charge < -0.3 is 11.1 Å². The van der Waals surface area contributed by atoms with Gasteiger partial charge in [0, 0.05) is 12.0 Å². The van der Waals surface area contributed by atoms with Crippen LogP contribution in [-0.4, -0.2) is 13.1 Å². The molecule has 1 aromatic carbocycles. The second-order valence-corrected chi connectivity index (χ2v) is 3.37. The monoisotopic (exact) mass is 164 g/mol. The van der Waals surface area contributed by atoms with E-state index >= 15 is 0 Å². The van der Waals surface area contributed by atoms with Gasteiger partial charge in [0.05, 0.1) is 6.54 Å². The summed E-state index contributed by atoms with van der Waals surface area (Å²) in [6.07, 6.45) is 1.21. The Balaban J connectivity index is 2.37. The van der Waals surface area contributed by atoms with Gasteiger partial charge in [0.15, 0.2) is 6.04 Å². The van der Waals surface area contributed by atoms with Gasteiger partial charge in [-0.15, -0.1) is 0 Å². The summed E-state index contributed by atoms with van der Waals surface area (Å²) in [6.45, 7) is 2.22. The third-order valence-corrected chi connectivity index (χ3v) is 2.63. The van der Waals surface area contributed by atoms with E-state index in [0.717, 1.165) is 6.54 Å². The third-order valence-electron chi connectivity index (χ3n) is 2.63. The van der Waals surface area contributed by atoms with Crippen molar-refractivity contribution < 1.29 is 11.1 Å². The van der Waals surface area contributed by atoms with Crippen LogP contribution < -0.4 is 11.1 Å². The predicted molar refractivity (Wildman–Crippen MR) is 47.4 cm³/mol. The van der Waals surface area contributed by atoms with Crippen LogP contribution in [0.5, 0.6) is 0 Å². The summed E-state index contributed by atoms with van der Waals surface area (Å²) < 4.78 is 0. The zero-order valence-corrected chi connectivity index (χ0v) is 7.29. The van der Waals surface area contributed by atoms with Gasteiger partial charge in [0.2, 0.25) is 0 Å². The molecule has 1 aliphatic rings. The van der Waals surface area contributed by atoms with Crippen LogP contribution in [0.2, 0.25) is 0 Å². The van der Waals surface area contributed by atoms with E-state index in [4.69, 9.17) is 0 Å². The van der Waals surface area contributed by atoms with Crippen molar-refractivity contribution in [1.82, 2.24) is 0 Å². The van der Waals surface area contributed by atoms with Gasteiger partial charge in [-0.1, -0.05) is 24.3 Å². The van der Waals surface area contributed by atoms with Crippen molar-refractivity contribution in [2.45, 2.75) is 12.5 Å². The van der Waals surface area contributed by atoms with Crippen LogP contribution >= 0.6 is 0 Å². The molecule has 0 saturated heterocycles. The Labute approximate surface area is 72.8 Å². The number of hydrogen-bond acceptors (Lipinski definition) is 0. The number of quaternary nitrogens is 2. The highest BCUT2D eigenvalue weighted by Crippen LogP contribution is 2.16. The first kappa shape index (κ1) is 7.77. The first-order valence-corrected chi connectivity index (χ1v) is 4.62. The van der Waals surface area contributed by atoms with Crippen molar-refractivity contribution in [3.8, 4) is 0 Å². The smallest absolute Gasteiger partial charge is 0.161 e. The molecule has 0 spiro atoms. The van der Waals surface area contributed by atoms with Gasteiger partial charge in [0.25, 0.3) is 0 Å². The molecule has 1 atom stereocenters. The quantitative estimate of drug-likeness (QED) is 0.540. The molecule has 0 amide bonds. The highest BCUT2D eigenvalue weighted by molar-refractivity contribution is 5.29.